The normalized spacial score (nSPS) is 16.8. The molecule has 1 aliphatic heterocycles. The van der Waals surface area contributed by atoms with E-state index < -0.39 is 0 Å². The molecule has 1 N–H and O–H groups in total. The molecule has 2 aromatic rings. The average Bonchev–Trinajstić information content (AvgIpc) is 3.43. The molecule has 3 heterocycles. The first-order valence-corrected chi connectivity index (χ1v) is 8.90. The van der Waals surface area contributed by atoms with Crippen LogP contribution in [-0.4, -0.2) is 46.4 Å². The van der Waals surface area contributed by atoms with Crippen molar-refractivity contribution in [3.63, 3.8) is 0 Å². The van der Waals surface area contributed by atoms with E-state index in [1.807, 2.05) is 17.0 Å². The Morgan fingerprint density at radius 2 is 2.08 bits per heavy atom. The van der Waals surface area contributed by atoms with Crippen molar-refractivity contribution in [2.45, 2.75) is 19.4 Å². The number of carbonyl (C=O) groups is 2. The van der Waals surface area contributed by atoms with Crippen molar-refractivity contribution in [3.05, 3.63) is 54.1 Å². The standard InChI is InChI=1S/C19H21N5O2/c25-18(15-2-1-7-20-10-15)22-11-16-5-6-17(12-21-16)24-9-8-23(19(24)26)13-14-3-4-14/h1-2,5-7,10,12,14H,3-4,8-9,11,13H2,(H,22,25). The molecule has 4 rings (SSSR count). The summed E-state index contributed by atoms with van der Waals surface area (Å²) in [5, 5.41) is 2.82. The molecule has 134 valence electrons. The molecular weight excluding hydrogens is 330 g/mol. The van der Waals surface area contributed by atoms with E-state index in [0.717, 1.165) is 24.5 Å². The Bertz CT molecular complexity index is 789. The maximum atomic E-state index is 12.5. The topological polar surface area (TPSA) is 78.4 Å². The highest BCUT2D eigenvalue weighted by atomic mass is 16.2. The van der Waals surface area contributed by atoms with Gasteiger partial charge in [0.1, 0.15) is 0 Å². The quantitative estimate of drug-likeness (QED) is 0.864. The molecule has 0 radical (unpaired) electrons. The van der Waals surface area contributed by atoms with Gasteiger partial charge < -0.3 is 10.2 Å². The van der Waals surface area contributed by atoms with Crippen molar-refractivity contribution in [1.29, 1.82) is 0 Å². The molecule has 0 spiro atoms. The fourth-order valence-corrected chi connectivity index (χ4v) is 3.05. The van der Waals surface area contributed by atoms with E-state index in [1.54, 1.807) is 29.4 Å². The van der Waals surface area contributed by atoms with Crippen LogP contribution in [0.25, 0.3) is 0 Å². The van der Waals surface area contributed by atoms with E-state index in [9.17, 15) is 9.59 Å². The summed E-state index contributed by atoms with van der Waals surface area (Å²) in [6.45, 7) is 2.68. The lowest BCUT2D eigenvalue weighted by molar-refractivity contribution is 0.0950. The van der Waals surface area contributed by atoms with Crippen molar-refractivity contribution in [1.82, 2.24) is 20.2 Å². The highest BCUT2D eigenvalue weighted by Gasteiger charge is 2.34. The van der Waals surface area contributed by atoms with Crippen LogP contribution in [0.2, 0.25) is 0 Å². The molecule has 7 heteroatoms. The Morgan fingerprint density at radius 1 is 1.19 bits per heavy atom. The highest BCUT2D eigenvalue weighted by molar-refractivity contribution is 5.94. The Hall–Kier alpha value is -2.96. The number of nitrogens with one attached hydrogen (secondary N) is 1. The molecule has 0 bridgehead atoms. The first-order chi connectivity index (χ1) is 12.7. The van der Waals surface area contributed by atoms with E-state index in [2.05, 4.69) is 15.3 Å². The Balaban J connectivity index is 1.33. The number of pyridine rings is 2. The molecule has 0 atom stereocenters. The molecule has 1 saturated carbocycles. The van der Waals surface area contributed by atoms with Gasteiger partial charge >= 0.3 is 6.03 Å². The zero-order valence-electron chi connectivity index (χ0n) is 14.5. The van der Waals surface area contributed by atoms with E-state index in [1.165, 1.54) is 19.0 Å². The van der Waals surface area contributed by atoms with Crippen LogP contribution >= 0.6 is 0 Å². The Kier molecular flexibility index (Phi) is 4.51. The van der Waals surface area contributed by atoms with Gasteiger partial charge in [-0.05, 0) is 43.0 Å². The third-order valence-electron chi connectivity index (χ3n) is 4.75. The van der Waals surface area contributed by atoms with Crippen LogP contribution in [0.1, 0.15) is 28.9 Å². The van der Waals surface area contributed by atoms with Gasteiger partial charge in [-0.1, -0.05) is 0 Å². The van der Waals surface area contributed by atoms with Crippen LogP contribution in [0.4, 0.5) is 10.5 Å². The molecular formula is C19H21N5O2. The lowest BCUT2D eigenvalue weighted by Crippen LogP contribution is -2.33. The number of nitrogens with zero attached hydrogens (tertiary/aromatic N) is 4. The van der Waals surface area contributed by atoms with Crippen molar-refractivity contribution in [2.75, 3.05) is 24.5 Å². The monoisotopic (exact) mass is 351 g/mol. The third kappa shape index (κ3) is 3.66. The molecule has 1 saturated heterocycles. The SMILES string of the molecule is O=C(NCc1ccc(N2CCN(CC3CC3)C2=O)cn1)c1cccnc1. The summed E-state index contributed by atoms with van der Waals surface area (Å²) >= 11 is 0. The summed E-state index contributed by atoms with van der Waals surface area (Å²) in [7, 11) is 0. The second-order valence-electron chi connectivity index (χ2n) is 6.76. The summed E-state index contributed by atoms with van der Waals surface area (Å²) in [5.41, 5.74) is 2.06. The summed E-state index contributed by atoms with van der Waals surface area (Å²) in [4.78, 5) is 36.5. The average molecular weight is 351 g/mol. The van der Waals surface area contributed by atoms with E-state index in [-0.39, 0.29) is 11.9 Å². The Morgan fingerprint density at radius 3 is 2.77 bits per heavy atom. The molecule has 2 aromatic heterocycles. The van der Waals surface area contributed by atoms with Gasteiger partial charge in [0.2, 0.25) is 0 Å². The third-order valence-corrected chi connectivity index (χ3v) is 4.75. The zero-order chi connectivity index (χ0) is 17.9. The minimum Gasteiger partial charge on any atom is -0.346 e. The van der Waals surface area contributed by atoms with Crippen molar-refractivity contribution < 1.29 is 9.59 Å². The molecule has 1 aliphatic carbocycles. The van der Waals surface area contributed by atoms with Crippen LogP contribution in [-0.2, 0) is 6.54 Å². The van der Waals surface area contributed by atoms with Crippen molar-refractivity contribution >= 4 is 17.6 Å². The number of rotatable bonds is 6. The van der Waals surface area contributed by atoms with Gasteiger partial charge in [0.15, 0.2) is 0 Å². The van der Waals surface area contributed by atoms with Crippen LogP contribution in [0.3, 0.4) is 0 Å². The fourth-order valence-electron chi connectivity index (χ4n) is 3.05. The number of anilines is 1. The largest absolute Gasteiger partial charge is 0.346 e. The first kappa shape index (κ1) is 16.5. The molecule has 0 unspecified atom stereocenters. The van der Waals surface area contributed by atoms with Gasteiger partial charge in [-0.2, -0.15) is 0 Å². The summed E-state index contributed by atoms with van der Waals surface area (Å²) in [6, 6.07) is 7.23. The van der Waals surface area contributed by atoms with Crippen molar-refractivity contribution in [3.8, 4) is 0 Å². The van der Waals surface area contributed by atoms with Crippen molar-refractivity contribution in [2.24, 2.45) is 5.92 Å². The second-order valence-corrected chi connectivity index (χ2v) is 6.76. The number of aromatic nitrogens is 2. The predicted octanol–water partition coefficient (Wildman–Crippen LogP) is 2.06. The van der Waals surface area contributed by atoms with Gasteiger partial charge in [0.05, 0.1) is 29.7 Å². The van der Waals surface area contributed by atoms with Crippen LogP contribution < -0.4 is 10.2 Å². The minimum absolute atomic E-state index is 0.0660. The van der Waals surface area contributed by atoms with Gasteiger partial charge in [0.25, 0.3) is 5.91 Å². The van der Waals surface area contributed by atoms with Gasteiger partial charge in [0, 0.05) is 32.0 Å². The van der Waals surface area contributed by atoms with Gasteiger partial charge in [-0.25, -0.2) is 4.79 Å². The van der Waals surface area contributed by atoms with Crippen LogP contribution in [0.5, 0.6) is 0 Å². The number of urea groups is 1. The first-order valence-electron chi connectivity index (χ1n) is 8.90. The molecule has 26 heavy (non-hydrogen) atoms. The molecule has 0 aromatic carbocycles. The highest BCUT2D eigenvalue weighted by Crippen LogP contribution is 2.31. The minimum atomic E-state index is -0.186. The smallest absolute Gasteiger partial charge is 0.324 e. The molecule has 2 fully saturated rings. The lowest BCUT2D eigenvalue weighted by Gasteiger charge is -2.18. The van der Waals surface area contributed by atoms with Gasteiger partial charge in [-0.15, -0.1) is 0 Å². The van der Waals surface area contributed by atoms with E-state index >= 15 is 0 Å². The Labute approximate surface area is 152 Å². The second kappa shape index (κ2) is 7.11. The predicted molar refractivity (Wildman–Crippen MR) is 96.7 cm³/mol. The summed E-state index contributed by atoms with van der Waals surface area (Å²) in [5.74, 6) is 0.511. The number of carbonyl (C=O) groups excluding carboxylic acids is 2. The van der Waals surface area contributed by atoms with Crippen LogP contribution in [0.15, 0.2) is 42.9 Å². The van der Waals surface area contributed by atoms with E-state index in [4.69, 9.17) is 0 Å². The maximum Gasteiger partial charge on any atom is 0.324 e. The number of hydrogen-bond acceptors (Lipinski definition) is 4. The summed E-state index contributed by atoms with van der Waals surface area (Å²) < 4.78 is 0. The number of hydrogen-bond donors (Lipinski definition) is 1. The van der Waals surface area contributed by atoms with E-state index in [0.29, 0.717) is 24.6 Å². The zero-order valence-corrected chi connectivity index (χ0v) is 14.5. The fraction of sp³-hybridized carbons (Fsp3) is 0.368. The van der Waals surface area contributed by atoms with Crippen LogP contribution in [0, 0.1) is 5.92 Å². The maximum absolute atomic E-state index is 12.5. The molecule has 3 amide bonds. The van der Waals surface area contributed by atoms with Gasteiger partial charge in [-0.3, -0.25) is 19.7 Å². The summed E-state index contributed by atoms with van der Waals surface area (Å²) in [6.07, 6.45) is 7.33. The lowest BCUT2D eigenvalue weighted by atomic mass is 10.2. The molecule has 2 aliphatic rings. The molecule has 7 nitrogen and oxygen atoms in total. The number of amides is 3.